The molecule has 1 heterocycles. The van der Waals surface area contributed by atoms with Gasteiger partial charge in [0, 0.05) is 5.56 Å². The molecule has 0 aliphatic carbocycles. The first-order valence-electron chi connectivity index (χ1n) is 7.37. The predicted octanol–water partition coefficient (Wildman–Crippen LogP) is 3.84. The van der Waals surface area contributed by atoms with Gasteiger partial charge in [-0.2, -0.15) is 0 Å². The van der Waals surface area contributed by atoms with E-state index >= 15 is 0 Å². The normalized spacial score (nSPS) is 11.4. The number of carboxylic acid groups (broad SMARTS) is 1. The summed E-state index contributed by atoms with van der Waals surface area (Å²) in [6.07, 6.45) is -4.79. The molecule has 6 nitrogen and oxygen atoms in total. The lowest BCUT2D eigenvalue weighted by Crippen LogP contribution is -2.17. The van der Waals surface area contributed by atoms with Gasteiger partial charge in [0.25, 0.3) is 0 Å². The Morgan fingerprint density at radius 1 is 1.15 bits per heavy atom. The third-order valence-electron chi connectivity index (χ3n) is 3.48. The Morgan fingerprint density at radius 3 is 2.42 bits per heavy atom. The van der Waals surface area contributed by atoms with E-state index in [1.807, 2.05) is 13.0 Å². The molecule has 0 fully saturated rings. The summed E-state index contributed by atoms with van der Waals surface area (Å²) in [7, 11) is 0. The van der Waals surface area contributed by atoms with E-state index in [-0.39, 0.29) is 11.4 Å². The number of aryl methyl sites for hydroxylation is 1. The average Bonchev–Trinajstić information content (AvgIpc) is 2.99. The van der Waals surface area contributed by atoms with Gasteiger partial charge in [-0.25, -0.2) is 9.48 Å². The predicted molar refractivity (Wildman–Crippen MR) is 85.2 cm³/mol. The van der Waals surface area contributed by atoms with Crippen LogP contribution in [0.2, 0.25) is 0 Å². The number of alkyl halides is 3. The van der Waals surface area contributed by atoms with Crippen molar-refractivity contribution in [3.8, 4) is 22.7 Å². The third-order valence-corrected chi connectivity index (χ3v) is 3.48. The summed E-state index contributed by atoms with van der Waals surface area (Å²) < 4.78 is 41.9. The topological polar surface area (TPSA) is 77.2 Å². The van der Waals surface area contributed by atoms with Gasteiger partial charge in [-0.05, 0) is 37.3 Å². The van der Waals surface area contributed by atoms with Gasteiger partial charge in [-0.15, -0.1) is 18.3 Å². The van der Waals surface area contributed by atoms with Crippen LogP contribution in [0, 0.1) is 6.92 Å². The van der Waals surface area contributed by atoms with Crippen LogP contribution < -0.4 is 4.74 Å². The van der Waals surface area contributed by atoms with E-state index in [0.717, 1.165) is 17.7 Å². The molecule has 0 radical (unpaired) electrons. The second-order valence-electron chi connectivity index (χ2n) is 5.41. The van der Waals surface area contributed by atoms with Gasteiger partial charge in [0.05, 0.1) is 5.69 Å². The van der Waals surface area contributed by atoms with Crippen LogP contribution in [0.1, 0.15) is 16.1 Å². The van der Waals surface area contributed by atoms with Crippen LogP contribution in [0.5, 0.6) is 5.75 Å². The van der Waals surface area contributed by atoms with Crippen LogP contribution in [-0.2, 0) is 0 Å². The molecule has 0 aliphatic rings. The number of hydrogen-bond donors (Lipinski definition) is 1. The number of rotatable bonds is 4. The molecule has 0 saturated heterocycles. The Bertz CT molecular complexity index is 950. The van der Waals surface area contributed by atoms with Crippen LogP contribution >= 0.6 is 0 Å². The van der Waals surface area contributed by atoms with E-state index in [4.69, 9.17) is 0 Å². The van der Waals surface area contributed by atoms with Crippen LogP contribution in [0.15, 0.2) is 48.5 Å². The Hall–Kier alpha value is -3.36. The molecule has 0 spiro atoms. The average molecular weight is 363 g/mol. The third kappa shape index (κ3) is 3.66. The molecule has 3 rings (SSSR count). The summed E-state index contributed by atoms with van der Waals surface area (Å²) in [6.45, 7) is 1.85. The van der Waals surface area contributed by atoms with E-state index in [1.165, 1.54) is 16.8 Å². The second-order valence-corrected chi connectivity index (χ2v) is 5.41. The van der Waals surface area contributed by atoms with Crippen LogP contribution in [0.25, 0.3) is 16.9 Å². The van der Waals surface area contributed by atoms with Crippen molar-refractivity contribution in [3.05, 3.63) is 59.8 Å². The number of nitrogens with zero attached hydrogens (tertiary/aromatic N) is 3. The van der Waals surface area contributed by atoms with Crippen LogP contribution in [-0.4, -0.2) is 32.4 Å². The van der Waals surface area contributed by atoms with Crippen molar-refractivity contribution < 1.29 is 27.8 Å². The van der Waals surface area contributed by atoms with Gasteiger partial charge < -0.3 is 9.84 Å². The van der Waals surface area contributed by atoms with Crippen LogP contribution in [0.3, 0.4) is 0 Å². The molecule has 1 N–H and O–H groups in total. The van der Waals surface area contributed by atoms with E-state index in [0.29, 0.717) is 11.3 Å². The lowest BCUT2D eigenvalue weighted by molar-refractivity contribution is -0.274. The van der Waals surface area contributed by atoms with Crippen molar-refractivity contribution >= 4 is 5.97 Å². The number of aromatic carboxylic acids is 1. The van der Waals surface area contributed by atoms with Crippen molar-refractivity contribution in [3.63, 3.8) is 0 Å². The molecule has 0 unspecified atom stereocenters. The summed E-state index contributed by atoms with van der Waals surface area (Å²) in [4.78, 5) is 11.5. The van der Waals surface area contributed by atoms with Crippen LogP contribution in [0.4, 0.5) is 13.2 Å². The van der Waals surface area contributed by atoms with Gasteiger partial charge in [0.1, 0.15) is 11.4 Å². The first-order valence-corrected chi connectivity index (χ1v) is 7.37. The van der Waals surface area contributed by atoms with Gasteiger partial charge in [-0.1, -0.05) is 29.0 Å². The highest BCUT2D eigenvalue weighted by molar-refractivity contribution is 5.93. The number of hydrogen-bond acceptors (Lipinski definition) is 4. The minimum absolute atomic E-state index is 0.227. The van der Waals surface area contributed by atoms with Gasteiger partial charge in [0.2, 0.25) is 0 Å². The summed E-state index contributed by atoms with van der Waals surface area (Å²) in [5, 5.41) is 16.9. The highest BCUT2D eigenvalue weighted by atomic mass is 19.4. The zero-order valence-corrected chi connectivity index (χ0v) is 13.4. The Balaban J connectivity index is 2.07. The van der Waals surface area contributed by atoms with Gasteiger partial charge in [-0.3, -0.25) is 0 Å². The van der Waals surface area contributed by atoms with E-state index in [2.05, 4.69) is 15.0 Å². The molecular weight excluding hydrogens is 351 g/mol. The number of carbonyl (C=O) groups is 1. The maximum absolute atomic E-state index is 12.3. The number of carboxylic acids is 1. The first kappa shape index (κ1) is 17.5. The zero-order chi connectivity index (χ0) is 18.9. The number of ether oxygens (including phenoxy) is 1. The Labute approximate surface area is 145 Å². The highest BCUT2D eigenvalue weighted by Crippen LogP contribution is 2.28. The summed E-state index contributed by atoms with van der Waals surface area (Å²) in [5.74, 6) is -1.65. The first-order chi connectivity index (χ1) is 12.2. The molecule has 1 aromatic heterocycles. The molecule has 9 heteroatoms. The van der Waals surface area contributed by atoms with E-state index in [9.17, 15) is 23.1 Å². The smallest absolute Gasteiger partial charge is 0.476 e. The lowest BCUT2D eigenvalue weighted by Gasteiger charge is -2.11. The molecule has 0 bridgehead atoms. The molecule has 2 aromatic carbocycles. The minimum Gasteiger partial charge on any atom is -0.476 e. The molecule has 0 atom stereocenters. The standard InChI is InChI=1S/C17H12F3N3O3/c1-10-3-2-4-11(9-10)15-14(16(24)25)21-22-23(15)12-5-7-13(8-6-12)26-17(18,19)20/h2-9H,1H3,(H,24,25). The number of halogens is 3. The minimum atomic E-state index is -4.79. The largest absolute Gasteiger partial charge is 0.573 e. The second kappa shape index (κ2) is 6.51. The summed E-state index contributed by atoms with van der Waals surface area (Å²) in [5.41, 5.74) is 1.79. The molecule has 3 aromatic rings. The quantitative estimate of drug-likeness (QED) is 0.762. The van der Waals surface area contributed by atoms with Crippen molar-refractivity contribution in [2.24, 2.45) is 0 Å². The molecule has 134 valence electrons. The zero-order valence-electron chi connectivity index (χ0n) is 13.4. The Kier molecular flexibility index (Phi) is 4.37. The van der Waals surface area contributed by atoms with Gasteiger partial charge in [0.15, 0.2) is 5.69 Å². The molecule has 0 saturated carbocycles. The van der Waals surface area contributed by atoms with Gasteiger partial charge >= 0.3 is 12.3 Å². The molecule has 0 amide bonds. The molecular formula is C17H12F3N3O3. The monoisotopic (exact) mass is 363 g/mol. The fourth-order valence-corrected chi connectivity index (χ4v) is 2.45. The van der Waals surface area contributed by atoms with E-state index in [1.54, 1.807) is 18.2 Å². The van der Waals surface area contributed by atoms with Crippen molar-refractivity contribution in [1.82, 2.24) is 15.0 Å². The summed E-state index contributed by atoms with van der Waals surface area (Å²) >= 11 is 0. The van der Waals surface area contributed by atoms with E-state index < -0.39 is 18.1 Å². The maximum Gasteiger partial charge on any atom is 0.573 e. The maximum atomic E-state index is 12.3. The summed E-state index contributed by atoms with van der Waals surface area (Å²) in [6, 6.07) is 12.0. The Morgan fingerprint density at radius 2 is 1.85 bits per heavy atom. The molecule has 0 aliphatic heterocycles. The highest BCUT2D eigenvalue weighted by Gasteiger charge is 2.31. The fourth-order valence-electron chi connectivity index (χ4n) is 2.45. The number of benzene rings is 2. The number of aromatic nitrogens is 3. The molecule has 26 heavy (non-hydrogen) atoms. The lowest BCUT2D eigenvalue weighted by atomic mass is 10.1. The van der Waals surface area contributed by atoms with Crippen molar-refractivity contribution in [2.45, 2.75) is 13.3 Å². The van der Waals surface area contributed by atoms with Crippen molar-refractivity contribution in [2.75, 3.05) is 0 Å². The SMILES string of the molecule is Cc1cccc(-c2c(C(=O)O)nnn2-c2ccc(OC(F)(F)F)cc2)c1. The fraction of sp³-hybridized carbons (Fsp3) is 0.118. The van der Waals surface area contributed by atoms with Crippen molar-refractivity contribution in [1.29, 1.82) is 0 Å².